The molecule has 0 spiro atoms. The lowest BCUT2D eigenvalue weighted by molar-refractivity contribution is -0.234. The predicted octanol–water partition coefficient (Wildman–Crippen LogP) is 1.54. The molecule has 12 heavy (non-hydrogen) atoms. The molecular weight excluding hydrogens is 160 g/mol. The van der Waals surface area contributed by atoms with Gasteiger partial charge in [-0.2, -0.15) is 5.26 Å². The van der Waals surface area contributed by atoms with Gasteiger partial charge < -0.3 is 10.4 Å². The first kappa shape index (κ1) is 13.9. The van der Waals surface area contributed by atoms with E-state index in [1.165, 1.54) is 12.8 Å². The highest BCUT2D eigenvalue weighted by Gasteiger charge is 1.99. The van der Waals surface area contributed by atoms with Crippen LogP contribution in [0.3, 0.4) is 0 Å². The molecule has 0 unspecified atom stereocenters. The highest BCUT2D eigenvalue weighted by atomic mass is 17.1. The molecule has 0 fully saturated rings. The van der Waals surface area contributed by atoms with Crippen LogP contribution in [0, 0.1) is 0 Å². The second-order valence-electron chi connectivity index (χ2n) is 2.63. The minimum Gasteiger partial charge on any atom is -0.412 e. The summed E-state index contributed by atoms with van der Waals surface area (Å²) < 4.78 is 0. The third-order valence-electron chi connectivity index (χ3n) is 1.59. The van der Waals surface area contributed by atoms with Gasteiger partial charge in [0.15, 0.2) is 0 Å². The Balaban J connectivity index is 0. The Hall–Kier alpha value is -0.610. The Morgan fingerprint density at radius 2 is 1.83 bits per heavy atom. The van der Waals surface area contributed by atoms with Crippen LogP contribution in [0.1, 0.15) is 45.4 Å². The summed E-state index contributed by atoms with van der Waals surface area (Å²) in [5.41, 5.74) is 0. The van der Waals surface area contributed by atoms with Crippen molar-refractivity contribution in [1.82, 2.24) is 0 Å². The maximum Gasteiger partial charge on any atom is 0.342 e. The van der Waals surface area contributed by atoms with E-state index < -0.39 is 5.97 Å². The minimum atomic E-state index is -0.526. The van der Waals surface area contributed by atoms with Gasteiger partial charge in [-0.15, -0.1) is 0 Å². The van der Waals surface area contributed by atoms with Crippen molar-refractivity contribution in [2.75, 3.05) is 0 Å². The summed E-state index contributed by atoms with van der Waals surface area (Å²) in [4.78, 5) is 13.9. The van der Waals surface area contributed by atoms with E-state index in [2.05, 4.69) is 11.8 Å². The van der Waals surface area contributed by atoms with E-state index in [0.717, 1.165) is 19.3 Å². The standard InChI is InChI=1S/C8H16O3.H2O/c1-2-3-4-5-6-7-8(9)11-10;/h10H,2-7H2,1H3;1H2. The first-order chi connectivity index (χ1) is 5.31. The van der Waals surface area contributed by atoms with Crippen LogP contribution in [0.15, 0.2) is 0 Å². The van der Waals surface area contributed by atoms with Crippen molar-refractivity contribution in [3.8, 4) is 0 Å². The van der Waals surface area contributed by atoms with Gasteiger partial charge in [-0.3, -0.25) is 0 Å². The number of carbonyl (C=O) groups excluding carboxylic acids is 1. The van der Waals surface area contributed by atoms with Crippen LogP contribution in [-0.2, 0) is 9.68 Å². The molecule has 0 radical (unpaired) electrons. The zero-order chi connectivity index (χ0) is 8.53. The van der Waals surface area contributed by atoms with Crippen molar-refractivity contribution in [2.45, 2.75) is 45.4 Å². The lowest BCUT2D eigenvalue weighted by Crippen LogP contribution is -1.99. The average molecular weight is 178 g/mol. The van der Waals surface area contributed by atoms with E-state index in [1.54, 1.807) is 0 Å². The molecule has 0 saturated heterocycles. The summed E-state index contributed by atoms with van der Waals surface area (Å²) in [6.07, 6.45) is 5.77. The van der Waals surface area contributed by atoms with Crippen LogP contribution in [0.2, 0.25) is 0 Å². The number of carbonyl (C=O) groups is 1. The van der Waals surface area contributed by atoms with Crippen LogP contribution >= 0.6 is 0 Å². The summed E-state index contributed by atoms with van der Waals surface area (Å²) in [6.45, 7) is 2.14. The van der Waals surface area contributed by atoms with Crippen molar-refractivity contribution < 1.29 is 20.4 Å². The third kappa shape index (κ3) is 9.39. The van der Waals surface area contributed by atoms with Gasteiger partial charge in [-0.05, 0) is 6.42 Å². The SMILES string of the molecule is CCCCCCCC(=O)OO.O. The van der Waals surface area contributed by atoms with Crippen LogP contribution in [0.4, 0.5) is 0 Å². The van der Waals surface area contributed by atoms with E-state index in [0.29, 0.717) is 6.42 Å². The Kier molecular flexibility index (Phi) is 12.1. The summed E-state index contributed by atoms with van der Waals surface area (Å²) in [7, 11) is 0. The van der Waals surface area contributed by atoms with Gasteiger partial charge in [-0.1, -0.05) is 32.6 Å². The van der Waals surface area contributed by atoms with Crippen molar-refractivity contribution >= 4 is 5.97 Å². The fourth-order valence-electron chi connectivity index (χ4n) is 0.919. The van der Waals surface area contributed by atoms with Gasteiger partial charge >= 0.3 is 5.97 Å². The van der Waals surface area contributed by atoms with Gasteiger partial charge in [0, 0.05) is 6.42 Å². The molecule has 4 nitrogen and oxygen atoms in total. The molecule has 3 N–H and O–H groups in total. The molecular formula is C8H18O4. The van der Waals surface area contributed by atoms with Gasteiger partial charge in [0.1, 0.15) is 0 Å². The molecule has 74 valence electrons. The van der Waals surface area contributed by atoms with Crippen LogP contribution < -0.4 is 0 Å². The van der Waals surface area contributed by atoms with Gasteiger partial charge in [0.05, 0.1) is 0 Å². The summed E-state index contributed by atoms with van der Waals surface area (Å²) in [5.74, 6) is -0.526. The van der Waals surface area contributed by atoms with E-state index >= 15 is 0 Å². The second kappa shape index (κ2) is 10.4. The molecule has 0 bridgehead atoms. The van der Waals surface area contributed by atoms with Crippen molar-refractivity contribution in [3.05, 3.63) is 0 Å². The second-order valence-corrected chi connectivity index (χ2v) is 2.63. The smallest absolute Gasteiger partial charge is 0.342 e. The van der Waals surface area contributed by atoms with E-state index in [4.69, 9.17) is 5.26 Å². The fourth-order valence-corrected chi connectivity index (χ4v) is 0.919. The lowest BCUT2D eigenvalue weighted by atomic mass is 10.1. The predicted molar refractivity (Wildman–Crippen MR) is 45.7 cm³/mol. The molecule has 0 aliphatic carbocycles. The van der Waals surface area contributed by atoms with E-state index in [1.807, 2.05) is 0 Å². The topological polar surface area (TPSA) is 78.0 Å². The molecule has 0 aromatic heterocycles. The number of rotatable bonds is 6. The van der Waals surface area contributed by atoms with Gasteiger partial charge in [0.25, 0.3) is 0 Å². The Morgan fingerprint density at radius 1 is 1.25 bits per heavy atom. The van der Waals surface area contributed by atoms with Crippen LogP contribution in [0.5, 0.6) is 0 Å². The molecule has 0 atom stereocenters. The zero-order valence-corrected chi connectivity index (χ0v) is 7.51. The first-order valence-corrected chi connectivity index (χ1v) is 4.15. The Morgan fingerprint density at radius 3 is 2.33 bits per heavy atom. The molecule has 0 amide bonds. The molecule has 0 saturated carbocycles. The number of hydrogen-bond acceptors (Lipinski definition) is 3. The maximum absolute atomic E-state index is 10.4. The largest absolute Gasteiger partial charge is 0.412 e. The highest BCUT2D eigenvalue weighted by molar-refractivity contribution is 5.68. The van der Waals surface area contributed by atoms with Crippen LogP contribution in [-0.4, -0.2) is 16.7 Å². The van der Waals surface area contributed by atoms with Gasteiger partial charge in [0.2, 0.25) is 0 Å². The molecule has 4 heteroatoms. The van der Waals surface area contributed by atoms with Crippen molar-refractivity contribution in [1.29, 1.82) is 0 Å². The number of hydrogen-bond donors (Lipinski definition) is 1. The molecule has 0 aromatic rings. The van der Waals surface area contributed by atoms with Crippen molar-refractivity contribution in [3.63, 3.8) is 0 Å². The quantitative estimate of drug-likeness (QED) is 0.380. The zero-order valence-electron chi connectivity index (χ0n) is 7.51. The first-order valence-electron chi connectivity index (χ1n) is 4.15. The monoisotopic (exact) mass is 178 g/mol. The summed E-state index contributed by atoms with van der Waals surface area (Å²) >= 11 is 0. The van der Waals surface area contributed by atoms with E-state index in [-0.39, 0.29) is 5.48 Å². The third-order valence-corrected chi connectivity index (χ3v) is 1.59. The van der Waals surface area contributed by atoms with Crippen LogP contribution in [0.25, 0.3) is 0 Å². The summed E-state index contributed by atoms with van der Waals surface area (Å²) in [5, 5.41) is 7.89. The minimum absolute atomic E-state index is 0. The molecule has 0 rings (SSSR count). The van der Waals surface area contributed by atoms with E-state index in [9.17, 15) is 4.79 Å². The maximum atomic E-state index is 10.4. The van der Waals surface area contributed by atoms with Crippen molar-refractivity contribution in [2.24, 2.45) is 0 Å². The highest BCUT2D eigenvalue weighted by Crippen LogP contribution is 2.04. The average Bonchev–Trinajstić information content (AvgIpc) is 2.04. The van der Waals surface area contributed by atoms with Gasteiger partial charge in [-0.25, -0.2) is 4.79 Å². The fraction of sp³-hybridized carbons (Fsp3) is 0.875. The molecule has 0 aliphatic heterocycles. The lowest BCUT2D eigenvalue weighted by Gasteiger charge is -1.96. The molecule has 0 aliphatic rings. The summed E-state index contributed by atoms with van der Waals surface area (Å²) in [6, 6.07) is 0. The molecule has 0 heterocycles. The number of unbranched alkanes of at least 4 members (excludes halogenated alkanes) is 4. The normalized spacial score (nSPS) is 8.83. The molecule has 0 aromatic carbocycles. The Labute approximate surface area is 72.8 Å². The Bertz CT molecular complexity index is 103.